The van der Waals surface area contributed by atoms with Gasteiger partial charge in [0.1, 0.15) is 5.82 Å². The van der Waals surface area contributed by atoms with Gasteiger partial charge in [-0.2, -0.15) is 11.8 Å². The van der Waals surface area contributed by atoms with Crippen molar-refractivity contribution in [2.24, 2.45) is 11.3 Å². The number of amides is 1. The Hall–Kier alpha value is -1.44. The molecule has 0 spiro atoms. The quantitative estimate of drug-likeness (QED) is 0.527. The standard InChI is InChI=1S/C25H32N4OS2/c1-23(6-7-23)28-32-17-12-19-18(20(13-17)29-10-8-24(2,31-3)9-11-29)4-5-21(26-19)27-22(30)25-14-16(25)15-25/h4-5,12-13,16,28H,6-11,14-15H2,1-3H3,(H,26,27,30). The number of nitrogens with zero attached hydrogens (tertiary/aromatic N) is 2. The van der Waals surface area contributed by atoms with Gasteiger partial charge in [0.25, 0.3) is 0 Å². The number of hydrogen-bond acceptors (Lipinski definition) is 6. The number of benzene rings is 1. The molecule has 4 aliphatic rings. The molecule has 0 bridgehead atoms. The van der Waals surface area contributed by atoms with Crippen LogP contribution in [-0.2, 0) is 4.79 Å². The molecule has 3 aliphatic carbocycles. The smallest absolute Gasteiger partial charge is 0.232 e. The Morgan fingerprint density at radius 2 is 1.84 bits per heavy atom. The first-order valence-corrected chi connectivity index (χ1v) is 13.9. The van der Waals surface area contributed by atoms with Gasteiger partial charge in [0.2, 0.25) is 5.91 Å². The van der Waals surface area contributed by atoms with Crippen LogP contribution in [0.3, 0.4) is 0 Å². The number of rotatable bonds is 7. The third-order valence-electron chi connectivity index (χ3n) is 8.20. The van der Waals surface area contributed by atoms with Gasteiger partial charge in [-0.15, -0.1) is 0 Å². The number of pyridine rings is 1. The van der Waals surface area contributed by atoms with E-state index in [1.807, 2.05) is 17.8 Å². The lowest BCUT2D eigenvalue weighted by Crippen LogP contribution is -2.40. The third kappa shape index (κ3) is 3.80. The Bertz CT molecular complexity index is 1080. The predicted octanol–water partition coefficient (Wildman–Crippen LogP) is 5.45. The van der Waals surface area contributed by atoms with E-state index in [2.05, 4.69) is 53.2 Å². The Labute approximate surface area is 199 Å². The van der Waals surface area contributed by atoms with Crippen LogP contribution in [0.5, 0.6) is 0 Å². The second-order valence-electron chi connectivity index (χ2n) is 10.8. The van der Waals surface area contributed by atoms with Crippen LogP contribution in [0.2, 0.25) is 0 Å². The number of carbonyl (C=O) groups excluding carboxylic acids is 1. The fourth-order valence-electron chi connectivity index (χ4n) is 4.79. The summed E-state index contributed by atoms with van der Waals surface area (Å²) >= 11 is 3.71. The van der Waals surface area contributed by atoms with Crippen molar-refractivity contribution >= 4 is 52.0 Å². The molecule has 1 amide bonds. The highest BCUT2D eigenvalue weighted by molar-refractivity contribution is 8.00. The molecular formula is C25H32N4OS2. The third-order valence-corrected chi connectivity index (χ3v) is 10.7. The van der Waals surface area contributed by atoms with Crippen molar-refractivity contribution in [1.82, 2.24) is 9.71 Å². The largest absolute Gasteiger partial charge is 0.371 e. The summed E-state index contributed by atoms with van der Waals surface area (Å²) in [7, 11) is 0. The Morgan fingerprint density at radius 3 is 2.47 bits per heavy atom. The molecule has 0 unspecified atom stereocenters. The molecule has 2 heterocycles. The fourth-order valence-corrected chi connectivity index (χ4v) is 6.29. The average molecular weight is 469 g/mol. The number of thioether (sulfide) groups is 1. The zero-order valence-electron chi connectivity index (χ0n) is 19.2. The molecule has 170 valence electrons. The van der Waals surface area contributed by atoms with Gasteiger partial charge >= 0.3 is 0 Å². The molecule has 5 nitrogen and oxygen atoms in total. The first-order valence-electron chi connectivity index (χ1n) is 11.8. The molecular weight excluding hydrogens is 436 g/mol. The van der Waals surface area contributed by atoms with Gasteiger partial charge < -0.3 is 10.2 Å². The molecule has 0 radical (unpaired) electrons. The molecule has 2 aromatic rings. The van der Waals surface area contributed by atoms with E-state index in [0.29, 0.717) is 16.5 Å². The van der Waals surface area contributed by atoms with Crippen LogP contribution in [0.1, 0.15) is 52.4 Å². The monoisotopic (exact) mass is 468 g/mol. The second-order valence-corrected chi connectivity index (χ2v) is 13.1. The van der Waals surface area contributed by atoms with Gasteiger partial charge in [0.15, 0.2) is 0 Å². The van der Waals surface area contributed by atoms with Crippen LogP contribution in [0.4, 0.5) is 11.5 Å². The maximum Gasteiger partial charge on any atom is 0.232 e. The van der Waals surface area contributed by atoms with E-state index >= 15 is 0 Å². The van der Waals surface area contributed by atoms with Gasteiger partial charge in [-0.25, -0.2) is 4.98 Å². The molecule has 1 aromatic heterocycles. The lowest BCUT2D eigenvalue weighted by atomic mass is 9.97. The molecule has 1 saturated heterocycles. The summed E-state index contributed by atoms with van der Waals surface area (Å²) in [4.78, 5) is 21.2. The topological polar surface area (TPSA) is 57.3 Å². The van der Waals surface area contributed by atoms with Gasteiger partial charge in [0.05, 0.1) is 10.9 Å². The lowest BCUT2D eigenvalue weighted by Gasteiger charge is -2.40. The summed E-state index contributed by atoms with van der Waals surface area (Å²) in [5.74, 6) is 1.48. The first-order chi connectivity index (χ1) is 15.3. The number of nitrogens with one attached hydrogen (secondary N) is 2. The maximum atomic E-state index is 12.6. The van der Waals surface area contributed by atoms with Crippen molar-refractivity contribution in [2.75, 3.05) is 29.6 Å². The number of fused-ring (bicyclic) bond motifs is 2. The molecule has 1 aliphatic heterocycles. The summed E-state index contributed by atoms with van der Waals surface area (Å²) in [6.45, 7) is 6.80. The van der Waals surface area contributed by atoms with Gasteiger partial charge in [-0.05, 0) is 93.8 Å². The Morgan fingerprint density at radius 1 is 1.12 bits per heavy atom. The van der Waals surface area contributed by atoms with Crippen molar-refractivity contribution < 1.29 is 4.79 Å². The number of hydrogen-bond donors (Lipinski definition) is 2. The van der Waals surface area contributed by atoms with Crippen LogP contribution < -0.4 is 14.9 Å². The highest BCUT2D eigenvalue weighted by Gasteiger charge is 2.74. The minimum absolute atomic E-state index is 0.0408. The van der Waals surface area contributed by atoms with E-state index in [9.17, 15) is 4.79 Å². The van der Waals surface area contributed by atoms with Crippen LogP contribution in [0.15, 0.2) is 29.2 Å². The molecule has 6 rings (SSSR count). The molecule has 2 N–H and O–H groups in total. The highest BCUT2D eigenvalue weighted by atomic mass is 32.2. The number of anilines is 2. The Kier molecular flexibility index (Phi) is 4.80. The number of aromatic nitrogens is 1. The van der Waals surface area contributed by atoms with Crippen molar-refractivity contribution in [3.63, 3.8) is 0 Å². The molecule has 3 saturated carbocycles. The molecule has 0 atom stereocenters. The summed E-state index contributed by atoms with van der Waals surface area (Å²) in [6, 6.07) is 8.62. The van der Waals surface area contributed by atoms with E-state index in [1.54, 1.807) is 11.9 Å². The van der Waals surface area contributed by atoms with Crippen LogP contribution >= 0.6 is 23.7 Å². The van der Waals surface area contributed by atoms with E-state index in [4.69, 9.17) is 4.98 Å². The lowest BCUT2D eigenvalue weighted by molar-refractivity contribution is -0.119. The SMILES string of the molecule is CSC1(C)CCN(c2cc(SNC3(C)CC3)cc3nc(NC(=O)C45CC4C5)ccc23)CC1. The summed E-state index contributed by atoms with van der Waals surface area (Å²) in [5.41, 5.74) is 2.45. The van der Waals surface area contributed by atoms with Crippen molar-refractivity contribution in [2.45, 2.75) is 67.6 Å². The Balaban J connectivity index is 1.30. The summed E-state index contributed by atoms with van der Waals surface area (Å²) in [6.07, 6.45) is 9.20. The zero-order valence-corrected chi connectivity index (χ0v) is 20.8. The maximum absolute atomic E-state index is 12.6. The van der Waals surface area contributed by atoms with Crippen molar-refractivity contribution in [3.8, 4) is 0 Å². The molecule has 4 fully saturated rings. The fraction of sp³-hybridized carbons (Fsp3) is 0.600. The van der Waals surface area contributed by atoms with Crippen LogP contribution in [-0.4, -0.2) is 40.5 Å². The molecule has 1 aromatic carbocycles. The summed E-state index contributed by atoms with van der Waals surface area (Å²) in [5, 5.41) is 4.27. The van der Waals surface area contributed by atoms with E-state index in [-0.39, 0.29) is 16.9 Å². The summed E-state index contributed by atoms with van der Waals surface area (Å²) < 4.78 is 4.02. The van der Waals surface area contributed by atoms with E-state index < -0.39 is 0 Å². The highest BCUT2D eigenvalue weighted by Crippen LogP contribution is 2.75. The predicted molar refractivity (Wildman–Crippen MR) is 136 cm³/mol. The van der Waals surface area contributed by atoms with Crippen molar-refractivity contribution in [3.05, 3.63) is 24.3 Å². The first kappa shape index (κ1) is 21.1. The van der Waals surface area contributed by atoms with Gasteiger partial charge in [-0.3, -0.25) is 9.52 Å². The van der Waals surface area contributed by atoms with E-state index in [1.165, 1.54) is 41.7 Å². The molecule has 7 heteroatoms. The van der Waals surface area contributed by atoms with Crippen LogP contribution in [0, 0.1) is 11.3 Å². The average Bonchev–Trinajstić information content (AvgIpc) is 3.69. The second kappa shape index (κ2) is 7.28. The zero-order chi connectivity index (χ0) is 22.1. The van der Waals surface area contributed by atoms with Crippen LogP contribution in [0.25, 0.3) is 10.9 Å². The van der Waals surface area contributed by atoms with E-state index in [0.717, 1.165) is 31.4 Å². The minimum atomic E-state index is -0.0408. The number of carbonyl (C=O) groups is 1. The van der Waals surface area contributed by atoms with Gasteiger partial charge in [-0.1, -0.05) is 6.92 Å². The van der Waals surface area contributed by atoms with Crippen molar-refractivity contribution in [1.29, 1.82) is 0 Å². The van der Waals surface area contributed by atoms with Gasteiger partial charge in [0, 0.05) is 39.3 Å². The number of piperidine rings is 1. The molecule has 32 heavy (non-hydrogen) atoms. The normalized spacial score (nSPS) is 28.8. The minimum Gasteiger partial charge on any atom is -0.371 e.